The first-order chi connectivity index (χ1) is 19.5. The number of ether oxygens (including phenoxy) is 1. The Labute approximate surface area is 231 Å². The second kappa shape index (κ2) is 10.6. The van der Waals surface area contributed by atoms with Crippen molar-refractivity contribution < 1.29 is 9.53 Å². The van der Waals surface area contributed by atoms with Crippen LogP contribution in [0.5, 0.6) is 5.75 Å². The topological polar surface area (TPSA) is 114 Å². The lowest BCUT2D eigenvalue weighted by molar-refractivity contribution is -0.128. The van der Waals surface area contributed by atoms with Crippen LogP contribution in [0.2, 0.25) is 0 Å². The molecular formula is C29H29N9O2. The lowest BCUT2D eigenvalue weighted by atomic mass is 10.0. The summed E-state index contributed by atoms with van der Waals surface area (Å²) in [6.07, 6.45) is 7.09. The minimum absolute atomic E-state index is 0.122. The smallest absolute Gasteiger partial charge is 0.248 e. The van der Waals surface area contributed by atoms with Crippen molar-refractivity contribution in [3.63, 3.8) is 0 Å². The van der Waals surface area contributed by atoms with E-state index in [0.717, 1.165) is 23.3 Å². The van der Waals surface area contributed by atoms with Crippen LogP contribution in [0, 0.1) is 6.92 Å². The SMILES string of the molecule is C=CC(=O)N1CCN(CC)c2nc3c(Nc4ccc(Cc5ccn6ncnc6c5)c(C)c4)ncnc3cc2OC1. The van der Waals surface area contributed by atoms with Crippen molar-refractivity contribution in [1.29, 1.82) is 0 Å². The molecule has 5 heterocycles. The molecule has 202 valence electrons. The molecule has 0 aliphatic carbocycles. The Morgan fingerprint density at radius 1 is 1.12 bits per heavy atom. The molecule has 0 unspecified atom stereocenters. The highest BCUT2D eigenvalue weighted by Gasteiger charge is 2.23. The number of hydrogen-bond acceptors (Lipinski definition) is 9. The number of hydrogen-bond donors (Lipinski definition) is 1. The number of aromatic nitrogens is 6. The number of amides is 1. The van der Waals surface area contributed by atoms with Gasteiger partial charge in [-0.15, -0.1) is 0 Å². The standard InChI is InChI=1S/C29H29N9O2/c1-4-26(39)37-11-10-36(5-2)29-24(40-18-37)15-23-27(35-29)28(32-16-30-23)34-22-7-6-21(19(3)12-22)13-20-8-9-38-25(14-20)31-17-33-38/h4,6-9,12,14-17H,1,5,10-11,13,18H2,2-3H3,(H,30,32,34). The summed E-state index contributed by atoms with van der Waals surface area (Å²) in [5.74, 6) is 1.72. The molecule has 0 fully saturated rings. The van der Waals surface area contributed by atoms with Gasteiger partial charge in [-0.2, -0.15) is 5.10 Å². The van der Waals surface area contributed by atoms with Crippen LogP contribution in [0.15, 0.2) is 67.9 Å². The Balaban J connectivity index is 1.27. The van der Waals surface area contributed by atoms with E-state index in [1.807, 2.05) is 25.3 Å². The molecule has 40 heavy (non-hydrogen) atoms. The summed E-state index contributed by atoms with van der Waals surface area (Å²) in [5, 5.41) is 7.60. The fourth-order valence-electron chi connectivity index (χ4n) is 4.85. The maximum Gasteiger partial charge on any atom is 0.248 e. The summed E-state index contributed by atoms with van der Waals surface area (Å²) in [6, 6.07) is 12.3. The molecule has 1 N–H and O–H groups in total. The Morgan fingerprint density at radius 3 is 2.85 bits per heavy atom. The zero-order valence-electron chi connectivity index (χ0n) is 22.4. The van der Waals surface area contributed by atoms with E-state index in [0.29, 0.717) is 48.1 Å². The van der Waals surface area contributed by atoms with Crippen molar-refractivity contribution in [1.82, 2.24) is 34.4 Å². The first-order valence-electron chi connectivity index (χ1n) is 13.1. The number of fused-ring (bicyclic) bond motifs is 3. The van der Waals surface area contributed by atoms with Crippen LogP contribution in [-0.2, 0) is 11.2 Å². The number of pyridine rings is 2. The van der Waals surface area contributed by atoms with E-state index < -0.39 is 0 Å². The highest BCUT2D eigenvalue weighted by molar-refractivity contribution is 5.90. The van der Waals surface area contributed by atoms with Crippen LogP contribution in [-0.4, -0.2) is 66.7 Å². The van der Waals surface area contributed by atoms with E-state index in [-0.39, 0.29) is 12.6 Å². The molecule has 5 aromatic rings. The van der Waals surface area contributed by atoms with Crippen LogP contribution in [0.4, 0.5) is 17.3 Å². The summed E-state index contributed by atoms with van der Waals surface area (Å²) in [4.78, 5) is 34.1. The fourth-order valence-corrected chi connectivity index (χ4v) is 4.85. The third-order valence-electron chi connectivity index (χ3n) is 7.08. The van der Waals surface area contributed by atoms with Gasteiger partial charge in [-0.1, -0.05) is 12.6 Å². The number of carbonyl (C=O) groups excluding carboxylic acids is 1. The third-order valence-corrected chi connectivity index (χ3v) is 7.08. The molecule has 0 spiro atoms. The van der Waals surface area contributed by atoms with Crippen LogP contribution in [0.1, 0.15) is 23.6 Å². The average molecular weight is 536 g/mol. The molecule has 1 aliphatic rings. The summed E-state index contributed by atoms with van der Waals surface area (Å²) in [6.45, 7) is 9.69. The van der Waals surface area contributed by atoms with E-state index in [9.17, 15) is 4.79 Å². The molecule has 0 saturated carbocycles. The molecule has 11 nitrogen and oxygen atoms in total. The van der Waals surface area contributed by atoms with Crippen molar-refractivity contribution >= 4 is 39.9 Å². The molecule has 1 aromatic carbocycles. The number of aryl methyl sites for hydroxylation is 1. The number of nitrogens with zero attached hydrogens (tertiary/aromatic N) is 8. The van der Waals surface area contributed by atoms with Gasteiger partial charge in [0.25, 0.3) is 0 Å². The van der Waals surface area contributed by atoms with Crippen molar-refractivity contribution in [3.8, 4) is 5.75 Å². The van der Waals surface area contributed by atoms with Gasteiger partial charge in [0, 0.05) is 37.6 Å². The maximum absolute atomic E-state index is 12.2. The van der Waals surface area contributed by atoms with Gasteiger partial charge >= 0.3 is 0 Å². The number of likely N-dealkylation sites (N-methyl/N-ethyl adjacent to an activating group) is 1. The molecule has 6 rings (SSSR count). The Kier molecular flexibility index (Phi) is 6.69. The third kappa shape index (κ3) is 4.89. The molecule has 0 atom stereocenters. The van der Waals surface area contributed by atoms with Gasteiger partial charge < -0.3 is 19.9 Å². The highest BCUT2D eigenvalue weighted by atomic mass is 16.5. The Morgan fingerprint density at radius 2 is 2.02 bits per heavy atom. The van der Waals surface area contributed by atoms with E-state index in [2.05, 4.69) is 68.0 Å². The second-order valence-electron chi connectivity index (χ2n) is 9.60. The predicted octanol–water partition coefficient (Wildman–Crippen LogP) is 3.90. The molecule has 1 aliphatic heterocycles. The number of nitrogens with one attached hydrogen (secondary N) is 1. The monoisotopic (exact) mass is 535 g/mol. The zero-order valence-corrected chi connectivity index (χ0v) is 22.4. The molecule has 11 heteroatoms. The van der Waals surface area contributed by atoms with E-state index in [4.69, 9.17) is 9.72 Å². The highest BCUT2D eigenvalue weighted by Crippen LogP contribution is 2.33. The number of rotatable bonds is 6. The Bertz CT molecular complexity index is 1730. The van der Waals surface area contributed by atoms with Gasteiger partial charge in [-0.25, -0.2) is 24.5 Å². The molecule has 0 bridgehead atoms. The summed E-state index contributed by atoms with van der Waals surface area (Å²) in [5.41, 5.74) is 6.59. The quantitative estimate of drug-likeness (QED) is 0.323. The van der Waals surface area contributed by atoms with Crippen LogP contribution >= 0.6 is 0 Å². The lowest BCUT2D eigenvalue weighted by Gasteiger charge is -2.32. The molecule has 1 amide bonds. The number of carbonyl (C=O) groups is 1. The average Bonchev–Trinajstić information content (AvgIpc) is 3.43. The first kappa shape index (κ1) is 25.2. The zero-order chi connectivity index (χ0) is 27.6. The van der Waals surface area contributed by atoms with Gasteiger partial charge in [0.1, 0.15) is 18.2 Å². The van der Waals surface area contributed by atoms with Crippen molar-refractivity contribution in [2.75, 3.05) is 36.6 Å². The fraction of sp³-hybridized carbons (Fsp3) is 0.241. The number of anilines is 3. The van der Waals surface area contributed by atoms with Gasteiger partial charge in [-0.05, 0) is 67.3 Å². The van der Waals surface area contributed by atoms with Gasteiger partial charge in [0.05, 0.1) is 5.52 Å². The van der Waals surface area contributed by atoms with Crippen molar-refractivity contribution in [2.45, 2.75) is 20.3 Å². The van der Waals surface area contributed by atoms with Crippen LogP contribution in [0.3, 0.4) is 0 Å². The molecule has 0 saturated heterocycles. The minimum atomic E-state index is -0.167. The molecule has 4 aromatic heterocycles. The van der Waals surface area contributed by atoms with Crippen LogP contribution < -0.4 is 15.0 Å². The number of benzene rings is 1. The Hall–Kier alpha value is -5.06. The maximum atomic E-state index is 12.2. The van der Waals surface area contributed by atoms with Crippen molar-refractivity contribution in [3.05, 3.63) is 84.6 Å². The summed E-state index contributed by atoms with van der Waals surface area (Å²) in [7, 11) is 0. The molecular weight excluding hydrogens is 506 g/mol. The largest absolute Gasteiger partial charge is 0.469 e. The first-order valence-corrected chi connectivity index (χ1v) is 13.1. The summed E-state index contributed by atoms with van der Waals surface area (Å²) >= 11 is 0. The minimum Gasteiger partial charge on any atom is -0.469 e. The predicted molar refractivity (Wildman–Crippen MR) is 153 cm³/mol. The van der Waals surface area contributed by atoms with E-state index in [1.165, 1.54) is 23.5 Å². The van der Waals surface area contributed by atoms with Gasteiger partial charge in [0.2, 0.25) is 5.91 Å². The van der Waals surface area contributed by atoms with E-state index >= 15 is 0 Å². The summed E-state index contributed by atoms with van der Waals surface area (Å²) < 4.78 is 7.78. The second-order valence-corrected chi connectivity index (χ2v) is 9.60. The normalized spacial score (nSPS) is 13.4. The lowest BCUT2D eigenvalue weighted by Crippen LogP contribution is -2.42. The van der Waals surface area contributed by atoms with Crippen molar-refractivity contribution in [2.24, 2.45) is 0 Å². The molecule has 0 radical (unpaired) electrons. The van der Waals surface area contributed by atoms with Gasteiger partial charge in [-0.3, -0.25) is 4.79 Å². The van der Waals surface area contributed by atoms with Crippen LogP contribution in [0.25, 0.3) is 16.7 Å². The van der Waals surface area contributed by atoms with E-state index in [1.54, 1.807) is 15.7 Å². The van der Waals surface area contributed by atoms with Gasteiger partial charge in [0.15, 0.2) is 29.8 Å².